The minimum atomic E-state index is -0.641. The molecule has 0 spiro atoms. The first-order valence-electron chi connectivity index (χ1n) is 5.62. The largest absolute Gasteiger partial charge is 0.324 e. The maximum atomic E-state index is 13.7. The lowest BCUT2D eigenvalue weighted by Crippen LogP contribution is -2.15. The molecular weight excluding hydrogens is 291 g/mol. The van der Waals surface area contributed by atoms with Crippen LogP contribution in [0.1, 0.15) is 17.2 Å². The van der Waals surface area contributed by atoms with Gasteiger partial charge >= 0.3 is 0 Å². The van der Waals surface area contributed by atoms with Gasteiger partial charge in [-0.3, -0.25) is 0 Å². The van der Waals surface area contributed by atoms with Gasteiger partial charge in [-0.05, 0) is 36.2 Å². The number of rotatable bonds is 3. The van der Waals surface area contributed by atoms with Gasteiger partial charge in [0.2, 0.25) is 0 Å². The van der Waals surface area contributed by atoms with Gasteiger partial charge in [0.05, 0.1) is 5.02 Å². The second-order valence-electron chi connectivity index (χ2n) is 4.19. The van der Waals surface area contributed by atoms with Gasteiger partial charge in [-0.25, -0.2) is 8.78 Å². The van der Waals surface area contributed by atoms with Gasteiger partial charge in [0, 0.05) is 16.6 Å². The molecule has 0 heterocycles. The van der Waals surface area contributed by atoms with Crippen LogP contribution < -0.4 is 5.73 Å². The van der Waals surface area contributed by atoms with Crippen molar-refractivity contribution in [2.75, 3.05) is 0 Å². The van der Waals surface area contributed by atoms with Gasteiger partial charge in [-0.2, -0.15) is 0 Å². The summed E-state index contributed by atoms with van der Waals surface area (Å²) in [7, 11) is 0. The Balaban J connectivity index is 2.28. The molecule has 1 atom stereocenters. The molecule has 0 bridgehead atoms. The van der Waals surface area contributed by atoms with E-state index in [0.29, 0.717) is 10.6 Å². The Kier molecular flexibility index (Phi) is 4.40. The lowest BCUT2D eigenvalue weighted by atomic mass is 9.99. The zero-order chi connectivity index (χ0) is 14.0. The highest BCUT2D eigenvalue weighted by Gasteiger charge is 2.15. The topological polar surface area (TPSA) is 26.0 Å². The lowest BCUT2D eigenvalue weighted by molar-refractivity contribution is 0.578. The predicted octanol–water partition coefficient (Wildman–Crippen LogP) is 4.51. The molecule has 5 heteroatoms. The van der Waals surface area contributed by atoms with Gasteiger partial charge in [-0.1, -0.05) is 35.3 Å². The summed E-state index contributed by atoms with van der Waals surface area (Å²) in [5, 5.41) is 0.414. The van der Waals surface area contributed by atoms with Crippen molar-refractivity contribution in [3.63, 3.8) is 0 Å². The van der Waals surface area contributed by atoms with Gasteiger partial charge in [-0.15, -0.1) is 0 Å². The van der Waals surface area contributed by atoms with Crippen molar-refractivity contribution in [3.8, 4) is 0 Å². The molecule has 19 heavy (non-hydrogen) atoms. The fraction of sp³-hybridized carbons (Fsp3) is 0.143. The summed E-state index contributed by atoms with van der Waals surface area (Å²) in [5.41, 5.74) is 6.76. The van der Waals surface area contributed by atoms with E-state index in [-0.39, 0.29) is 17.0 Å². The van der Waals surface area contributed by atoms with Crippen molar-refractivity contribution < 1.29 is 8.78 Å². The SMILES string of the molecule is NC(Cc1cccc(F)c1Cl)c1cc(Cl)ccc1F. The Morgan fingerprint density at radius 3 is 2.53 bits per heavy atom. The summed E-state index contributed by atoms with van der Waals surface area (Å²) in [6.45, 7) is 0. The summed E-state index contributed by atoms with van der Waals surface area (Å²) < 4.78 is 27.0. The summed E-state index contributed by atoms with van der Waals surface area (Å²) in [4.78, 5) is 0. The van der Waals surface area contributed by atoms with E-state index in [1.807, 2.05) is 0 Å². The molecule has 0 fully saturated rings. The molecular formula is C14H11Cl2F2N. The molecule has 0 radical (unpaired) electrons. The Morgan fingerprint density at radius 2 is 1.79 bits per heavy atom. The highest BCUT2D eigenvalue weighted by Crippen LogP contribution is 2.27. The van der Waals surface area contributed by atoms with E-state index in [1.54, 1.807) is 6.07 Å². The highest BCUT2D eigenvalue weighted by atomic mass is 35.5. The maximum absolute atomic E-state index is 13.7. The predicted molar refractivity (Wildman–Crippen MR) is 73.5 cm³/mol. The molecule has 0 amide bonds. The number of hydrogen-bond acceptors (Lipinski definition) is 1. The third kappa shape index (κ3) is 3.24. The molecule has 2 N–H and O–H groups in total. The normalized spacial score (nSPS) is 12.5. The van der Waals surface area contributed by atoms with Crippen molar-refractivity contribution in [2.24, 2.45) is 5.73 Å². The fourth-order valence-corrected chi connectivity index (χ4v) is 2.24. The molecule has 0 aromatic heterocycles. The fourth-order valence-electron chi connectivity index (χ4n) is 1.85. The van der Waals surface area contributed by atoms with E-state index in [2.05, 4.69) is 0 Å². The van der Waals surface area contributed by atoms with Crippen LogP contribution in [0.15, 0.2) is 36.4 Å². The summed E-state index contributed by atoms with van der Waals surface area (Å²) in [6, 6.07) is 7.99. The second kappa shape index (κ2) is 5.87. The summed E-state index contributed by atoms with van der Waals surface area (Å²) in [6.07, 6.45) is 0.230. The first-order chi connectivity index (χ1) is 8.99. The van der Waals surface area contributed by atoms with Gasteiger partial charge in [0.25, 0.3) is 0 Å². The van der Waals surface area contributed by atoms with Crippen LogP contribution in [0.2, 0.25) is 10.0 Å². The molecule has 0 aliphatic heterocycles. The van der Waals surface area contributed by atoms with E-state index >= 15 is 0 Å². The Morgan fingerprint density at radius 1 is 1.05 bits per heavy atom. The van der Waals surface area contributed by atoms with Crippen molar-refractivity contribution >= 4 is 23.2 Å². The van der Waals surface area contributed by atoms with Crippen LogP contribution in [0, 0.1) is 11.6 Å². The minimum absolute atomic E-state index is 0.0142. The number of halogens is 4. The smallest absolute Gasteiger partial charge is 0.142 e. The van der Waals surface area contributed by atoms with Crippen molar-refractivity contribution in [1.29, 1.82) is 0 Å². The summed E-state index contributed by atoms with van der Waals surface area (Å²) in [5.74, 6) is -0.956. The van der Waals surface area contributed by atoms with E-state index in [0.717, 1.165) is 0 Å². The van der Waals surface area contributed by atoms with Crippen LogP contribution in [-0.4, -0.2) is 0 Å². The van der Waals surface area contributed by atoms with Crippen LogP contribution in [0.4, 0.5) is 8.78 Å². The third-order valence-electron chi connectivity index (χ3n) is 2.83. The molecule has 0 saturated carbocycles. The van der Waals surface area contributed by atoms with E-state index in [9.17, 15) is 8.78 Å². The molecule has 1 unspecified atom stereocenters. The molecule has 0 saturated heterocycles. The first kappa shape index (κ1) is 14.3. The van der Waals surface area contributed by atoms with Crippen LogP contribution in [0.25, 0.3) is 0 Å². The third-order valence-corrected chi connectivity index (χ3v) is 3.49. The zero-order valence-electron chi connectivity index (χ0n) is 9.84. The molecule has 2 rings (SSSR count). The van der Waals surface area contributed by atoms with Gasteiger partial charge in [0.15, 0.2) is 0 Å². The average molecular weight is 302 g/mol. The average Bonchev–Trinajstić information content (AvgIpc) is 2.38. The first-order valence-corrected chi connectivity index (χ1v) is 6.38. The van der Waals surface area contributed by atoms with Crippen LogP contribution in [-0.2, 0) is 6.42 Å². The van der Waals surface area contributed by atoms with Gasteiger partial charge < -0.3 is 5.73 Å². The van der Waals surface area contributed by atoms with Crippen molar-refractivity contribution in [1.82, 2.24) is 0 Å². The Labute approximate surface area is 119 Å². The zero-order valence-corrected chi connectivity index (χ0v) is 11.3. The second-order valence-corrected chi connectivity index (χ2v) is 5.00. The molecule has 1 nitrogen and oxygen atoms in total. The molecule has 0 aliphatic carbocycles. The standard InChI is InChI=1S/C14H11Cl2F2N/c15-9-4-5-11(17)10(7-9)13(19)6-8-2-1-3-12(18)14(8)16/h1-5,7,13H,6,19H2. The number of nitrogens with two attached hydrogens (primary N) is 1. The lowest BCUT2D eigenvalue weighted by Gasteiger charge is -2.14. The maximum Gasteiger partial charge on any atom is 0.142 e. The van der Waals surface area contributed by atoms with Gasteiger partial charge in [0.1, 0.15) is 11.6 Å². The highest BCUT2D eigenvalue weighted by molar-refractivity contribution is 6.31. The van der Waals surface area contributed by atoms with Crippen molar-refractivity contribution in [2.45, 2.75) is 12.5 Å². The monoisotopic (exact) mass is 301 g/mol. The van der Waals surface area contributed by atoms with E-state index in [1.165, 1.54) is 30.3 Å². The number of hydrogen-bond donors (Lipinski definition) is 1. The summed E-state index contributed by atoms with van der Waals surface area (Å²) >= 11 is 11.7. The van der Waals surface area contributed by atoms with E-state index in [4.69, 9.17) is 28.9 Å². The van der Waals surface area contributed by atoms with Crippen LogP contribution in [0.3, 0.4) is 0 Å². The molecule has 2 aromatic carbocycles. The van der Waals surface area contributed by atoms with E-state index < -0.39 is 17.7 Å². The molecule has 100 valence electrons. The van der Waals surface area contributed by atoms with Crippen molar-refractivity contribution in [3.05, 3.63) is 69.2 Å². The van der Waals surface area contributed by atoms with Crippen LogP contribution >= 0.6 is 23.2 Å². The Bertz CT molecular complexity index is 602. The Hall–Kier alpha value is -1.16. The van der Waals surface area contributed by atoms with Crippen LogP contribution in [0.5, 0.6) is 0 Å². The molecule has 2 aromatic rings. The number of benzene rings is 2. The molecule has 0 aliphatic rings. The quantitative estimate of drug-likeness (QED) is 0.886. The minimum Gasteiger partial charge on any atom is -0.324 e.